The summed E-state index contributed by atoms with van der Waals surface area (Å²) in [4.78, 5) is 0.258. The molecule has 3 nitrogen and oxygen atoms in total. The Morgan fingerprint density at radius 1 is 1.00 bits per heavy atom. The predicted octanol–water partition coefficient (Wildman–Crippen LogP) is 4.66. The van der Waals surface area contributed by atoms with Crippen molar-refractivity contribution < 1.29 is 8.42 Å². The van der Waals surface area contributed by atoms with Gasteiger partial charge in [0.15, 0.2) is 0 Å². The summed E-state index contributed by atoms with van der Waals surface area (Å²) in [6.45, 7) is 0.254. The fourth-order valence-corrected chi connectivity index (χ4v) is 4.17. The Kier molecular flexibility index (Phi) is 4.96. The number of thiophene rings is 1. The van der Waals surface area contributed by atoms with E-state index in [2.05, 4.69) is 26.0 Å². The van der Waals surface area contributed by atoms with Gasteiger partial charge < -0.3 is 0 Å². The fraction of sp³-hybridized carbons (Fsp3) is 0.0588. The third-order valence-corrected chi connectivity index (χ3v) is 6.06. The van der Waals surface area contributed by atoms with Gasteiger partial charge in [0.1, 0.15) is 0 Å². The zero-order chi connectivity index (χ0) is 16.3. The van der Waals surface area contributed by atoms with E-state index in [1.54, 1.807) is 35.6 Å². The van der Waals surface area contributed by atoms with Gasteiger partial charge in [0.2, 0.25) is 10.0 Å². The van der Waals surface area contributed by atoms with Crippen LogP contribution in [0.1, 0.15) is 5.56 Å². The van der Waals surface area contributed by atoms with Crippen LogP contribution in [-0.2, 0) is 16.6 Å². The summed E-state index contributed by atoms with van der Waals surface area (Å²) >= 11 is 4.93. The fourth-order valence-electron chi connectivity index (χ4n) is 2.24. The number of rotatable bonds is 5. The topological polar surface area (TPSA) is 46.2 Å². The van der Waals surface area contributed by atoms with Crippen molar-refractivity contribution in [1.82, 2.24) is 4.72 Å². The molecular weight excluding hydrogens is 394 g/mol. The van der Waals surface area contributed by atoms with E-state index in [1.807, 2.05) is 35.7 Å². The largest absolute Gasteiger partial charge is 0.240 e. The summed E-state index contributed by atoms with van der Waals surface area (Å²) in [7, 11) is -3.53. The van der Waals surface area contributed by atoms with Crippen LogP contribution in [0.4, 0.5) is 0 Å². The number of nitrogens with one attached hydrogen (secondary N) is 1. The molecule has 0 aliphatic carbocycles. The van der Waals surface area contributed by atoms with Crippen LogP contribution < -0.4 is 4.72 Å². The molecule has 1 aromatic heterocycles. The van der Waals surface area contributed by atoms with E-state index in [0.717, 1.165) is 21.2 Å². The van der Waals surface area contributed by atoms with Crippen molar-refractivity contribution in [2.75, 3.05) is 0 Å². The van der Waals surface area contributed by atoms with E-state index in [0.29, 0.717) is 0 Å². The molecule has 3 rings (SSSR count). The van der Waals surface area contributed by atoms with Gasteiger partial charge in [-0.25, -0.2) is 13.1 Å². The second-order valence-electron chi connectivity index (χ2n) is 4.95. The average Bonchev–Trinajstić information content (AvgIpc) is 3.08. The zero-order valence-electron chi connectivity index (χ0n) is 12.1. The molecule has 1 N–H and O–H groups in total. The summed E-state index contributed by atoms with van der Waals surface area (Å²) in [5.74, 6) is 0. The van der Waals surface area contributed by atoms with E-state index in [1.165, 1.54) is 0 Å². The molecule has 3 aromatic rings. The molecule has 23 heavy (non-hydrogen) atoms. The van der Waals surface area contributed by atoms with Gasteiger partial charge in [0.25, 0.3) is 0 Å². The number of hydrogen-bond acceptors (Lipinski definition) is 3. The Morgan fingerprint density at radius 3 is 2.43 bits per heavy atom. The Labute approximate surface area is 148 Å². The lowest BCUT2D eigenvalue weighted by Crippen LogP contribution is -2.23. The average molecular weight is 408 g/mol. The standard InChI is InChI=1S/C17H14BrNO2S2/c18-15-5-7-16(8-6-15)23(20,21)19-11-13-3-1-2-4-17(13)14-9-10-22-12-14/h1-10,12,19H,11H2. The summed E-state index contributed by atoms with van der Waals surface area (Å²) < 4.78 is 28.3. The minimum absolute atomic E-state index is 0.254. The van der Waals surface area contributed by atoms with Crippen molar-refractivity contribution in [3.63, 3.8) is 0 Å². The van der Waals surface area contributed by atoms with Crippen LogP contribution >= 0.6 is 27.3 Å². The smallest absolute Gasteiger partial charge is 0.207 e. The normalized spacial score (nSPS) is 11.5. The van der Waals surface area contributed by atoms with E-state index in [9.17, 15) is 8.42 Å². The van der Waals surface area contributed by atoms with Crippen LogP contribution in [0.2, 0.25) is 0 Å². The third-order valence-electron chi connectivity index (χ3n) is 3.43. The second-order valence-corrected chi connectivity index (χ2v) is 8.41. The van der Waals surface area contributed by atoms with Crippen molar-refractivity contribution in [3.05, 3.63) is 75.4 Å². The van der Waals surface area contributed by atoms with Crippen LogP contribution in [0.5, 0.6) is 0 Å². The van der Waals surface area contributed by atoms with Gasteiger partial charge in [-0.2, -0.15) is 11.3 Å². The Morgan fingerprint density at radius 2 is 1.74 bits per heavy atom. The van der Waals surface area contributed by atoms with Gasteiger partial charge in [-0.1, -0.05) is 40.2 Å². The van der Waals surface area contributed by atoms with Crippen LogP contribution in [0.15, 0.2) is 74.7 Å². The van der Waals surface area contributed by atoms with Crippen molar-refractivity contribution in [2.24, 2.45) is 0 Å². The molecule has 0 spiro atoms. The number of benzene rings is 2. The lowest BCUT2D eigenvalue weighted by Gasteiger charge is -2.10. The third kappa shape index (κ3) is 3.90. The lowest BCUT2D eigenvalue weighted by atomic mass is 10.0. The summed E-state index contributed by atoms with van der Waals surface area (Å²) in [6, 6.07) is 16.4. The Hall–Kier alpha value is -1.47. The minimum Gasteiger partial charge on any atom is -0.207 e. The molecule has 0 amide bonds. The highest BCUT2D eigenvalue weighted by atomic mass is 79.9. The number of sulfonamides is 1. The first-order valence-corrected chi connectivity index (χ1v) is 10.1. The van der Waals surface area contributed by atoms with Gasteiger partial charge in [-0.05, 0) is 57.8 Å². The maximum Gasteiger partial charge on any atom is 0.240 e. The SMILES string of the molecule is O=S(=O)(NCc1ccccc1-c1ccsc1)c1ccc(Br)cc1. The molecule has 118 valence electrons. The summed E-state index contributed by atoms with van der Waals surface area (Å²) in [6.07, 6.45) is 0. The zero-order valence-corrected chi connectivity index (χ0v) is 15.3. The Balaban J connectivity index is 1.82. The van der Waals surface area contributed by atoms with Crippen LogP contribution in [0.3, 0.4) is 0 Å². The first kappa shape index (κ1) is 16.4. The van der Waals surface area contributed by atoms with E-state index in [-0.39, 0.29) is 11.4 Å². The molecule has 0 fully saturated rings. The van der Waals surface area contributed by atoms with Crippen LogP contribution in [0, 0.1) is 0 Å². The van der Waals surface area contributed by atoms with Crippen molar-refractivity contribution in [2.45, 2.75) is 11.4 Å². The molecule has 0 saturated carbocycles. The highest BCUT2D eigenvalue weighted by Crippen LogP contribution is 2.26. The summed E-state index contributed by atoms with van der Waals surface area (Å²) in [5, 5.41) is 4.07. The molecule has 0 bridgehead atoms. The molecule has 6 heteroatoms. The van der Waals surface area contributed by atoms with E-state index < -0.39 is 10.0 Å². The second kappa shape index (κ2) is 6.97. The van der Waals surface area contributed by atoms with Crippen molar-refractivity contribution in [3.8, 4) is 11.1 Å². The first-order chi connectivity index (χ1) is 11.1. The monoisotopic (exact) mass is 407 g/mol. The molecule has 0 aliphatic heterocycles. The van der Waals surface area contributed by atoms with E-state index >= 15 is 0 Å². The quantitative estimate of drug-likeness (QED) is 0.668. The van der Waals surface area contributed by atoms with Gasteiger partial charge in [-0.15, -0.1) is 0 Å². The van der Waals surface area contributed by atoms with Crippen molar-refractivity contribution in [1.29, 1.82) is 0 Å². The van der Waals surface area contributed by atoms with Gasteiger partial charge in [0, 0.05) is 11.0 Å². The van der Waals surface area contributed by atoms with Crippen LogP contribution in [-0.4, -0.2) is 8.42 Å². The Bertz CT molecular complexity index is 889. The van der Waals surface area contributed by atoms with Gasteiger partial charge >= 0.3 is 0 Å². The van der Waals surface area contributed by atoms with Gasteiger partial charge in [-0.3, -0.25) is 0 Å². The molecule has 0 unspecified atom stereocenters. The van der Waals surface area contributed by atoms with Crippen LogP contribution in [0.25, 0.3) is 11.1 Å². The molecule has 0 radical (unpaired) electrons. The molecule has 2 aromatic carbocycles. The number of hydrogen-bond donors (Lipinski definition) is 1. The van der Waals surface area contributed by atoms with E-state index in [4.69, 9.17) is 0 Å². The highest BCUT2D eigenvalue weighted by Gasteiger charge is 2.14. The maximum absolute atomic E-state index is 12.4. The molecule has 0 atom stereocenters. The van der Waals surface area contributed by atoms with Crippen molar-refractivity contribution >= 4 is 37.3 Å². The maximum atomic E-state index is 12.4. The molecule has 1 heterocycles. The number of halogens is 1. The van der Waals surface area contributed by atoms with Gasteiger partial charge in [0.05, 0.1) is 4.90 Å². The first-order valence-electron chi connectivity index (χ1n) is 6.92. The molecule has 0 saturated heterocycles. The lowest BCUT2D eigenvalue weighted by molar-refractivity contribution is 0.581. The minimum atomic E-state index is -3.53. The highest BCUT2D eigenvalue weighted by molar-refractivity contribution is 9.10. The predicted molar refractivity (Wildman–Crippen MR) is 97.9 cm³/mol. The molecule has 0 aliphatic rings. The molecular formula is C17H14BrNO2S2. The summed E-state index contributed by atoms with van der Waals surface area (Å²) in [5.41, 5.74) is 3.10.